The number of aromatic hydroxyl groups is 1. The number of phenolic OH excluding ortho intramolecular Hbond substituents is 1. The van der Waals surface area contributed by atoms with E-state index < -0.39 is 72.6 Å². The van der Waals surface area contributed by atoms with Crippen LogP contribution in [0.25, 0.3) is 0 Å². The Bertz CT molecular complexity index is 957. The first kappa shape index (κ1) is 29.2. The van der Waals surface area contributed by atoms with Crippen LogP contribution in [0.1, 0.15) is 18.4 Å². The highest BCUT2D eigenvalue weighted by molar-refractivity contribution is 7.80. The molecule has 14 nitrogen and oxygen atoms in total. The van der Waals surface area contributed by atoms with Gasteiger partial charge in [-0.2, -0.15) is 12.6 Å². The highest BCUT2D eigenvalue weighted by Crippen LogP contribution is 2.11. The number of phenols is 1. The maximum atomic E-state index is 12.6. The van der Waals surface area contributed by atoms with Crippen LogP contribution >= 0.6 is 12.6 Å². The maximum Gasteiger partial charge on any atom is 0.326 e. The van der Waals surface area contributed by atoms with Gasteiger partial charge < -0.3 is 42.7 Å². The van der Waals surface area contributed by atoms with Crippen LogP contribution < -0.4 is 27.4 Å². The highest BCUT2D eigenvalue weighted by Gasteiger charge is 2.31. The smallest absolute Gasteiger partial charge is 0.326 e. The molecule has 15 heteroatoms. The zero-order valence-corrected chi connectivity index (χ0v) is 19.2. The Labute approximate surface area is 204 Å². The second-order valence-electron chi connectivity index (χ2n) is 7.45. The second kappa shape index (κ2) is 13.8. The van der Waals surface area contributed by atoms with E-state index in [4.69, 9.17) is 16.6 Å². The number of hydrogen-bond donors (Lipinski definition) is 9. The van der Waals surface area contributed by atoms with Crippen molar-refractivity contribution >= 4 is 48.2 Å². The largest absolute Gasteiger partial charge is 0.508 e. The molecule has 0 saturated carbocycles. The average molecular weight is 514 g/mol. The summed E-state index contributed by atoms with van der Waals surface area (Å²) in [7, 11) is 0. The van der Waals surface area contributed by atoms with E-state index in [1.165, 1.54) is 24.3 Å². The fraction of sp³-hybridized carbons (Fsp3) is 0.400. The third-order valence-electron chi connectivity index (χ3n) is 4.58. The Morgan fingerprint density at radius 1 is 0.829 bits per heavy atom. The molecule has 4 atom stereocenters. The van der Waals surface area contributed by atoms with Crippen LogP contribution in [0.4, 0.5) is 0 Å². The van der Waals surface area contributed by atoms with E-state index in [9.17, 15) is 39.0 Å². The van der Waals surface area contributed by atoms with Crippen molar-refractivity contribution in [1.82, 2.24) is 16.0 Å². The van der Waals surface area contributed by atoms with Gasteiger partial charge in [0.1, 0.15) is 23.9 Å². The van der Waals surface area contributed by atoms with E-state index in [0.717, 1.165) is 0 Å². The minimum Gasteiger partial charge on any atom is -0.508 e. The molecular formula is C20H27N5O9S. The van der Waals surface area contributed by atoms with Crippen molar-refractivity contribution in [2.45, 2.75) is 43.4 Å². The van der Waals surface area contributed by atoms with Gasteiger partial charge in [-0.15, -0.1) is 0 Å². The lowest BCUT2D eigenvalue weighted by Crippen LogP contribution is -2.58. The number of primary amides is 1. The molecule has 10 N–H and O–H groups in total. The lowest BCUT2D eigenvalue weighted by atomic mass is 10.1. The van der Waals surface area contributed by atoms with Crippen molar-refractivity contribution < 1.29 is 44.1 Å². The molecule has 0 aliphatic heterocycles. The fourth-order valence-electron chi connectivity index (χ4n) is 2.78. The van der Waals surface area contributed by atoms with E-state index >= 15 is 0 Å². The molecule has 1 aromatic rings. The summed E-state index contributed by atoms with van der Waals surface area (Å²) >= 11 is 3.97. The Morgan fingerprint density at radius 3 is 1.83 bits per heavy atom. The van der Waals surface area contributed by atoms with Crippen LogP contribution in [0.15, 0.2) is 24.3 Å². The second-order valence-corrected chi connectivity index (χ2v) is 7.81. The summed E-state index contributed by atoms with van der Waals surface area (Å²) in [6.07, 6.45) is -1.56. The molecule has 0 spiro atoms. The van der Waals surface area contributed by atoms with Gasteiger partial charge in [-0.1, -0.05) is 12.1 Å². The van der Waals surface area contributed by atoms with Gasteiger partial charge >= 0.3 is 11.9 Å². The molecule has 0 radical (unpaired) electrons. The highest BCUT2D eigenvalue weighted by atomic mass is 32.1. The fourth-order valence-corrected chi connectivity index (χ4v) is 3.04. The number of carboxylic acid groups (broad SMARTS) is 2. The van der Waals surface area contributed by atoms with Gasteiger partial charge in [-0.3, -0.25) is 24.0 Å². The number of benzene rings is 1. The third kappa shape index (κ3) is 10.3. The SMILES string of the molecule is NC(=O)CC(N)C(=O)NC(CC(=O)O)C(=O)NC(CS)C(=O)NC(Cc1ccc(O)cc1)C(=O)O. The van der Waals surface area contributed by atoms with Crippen molar-refractivity contribution in [2.24, 2.45) is 11.5 Å². The van der Waals surface area contributed by atoms with Gasteiger partial charge in [-0.25, -0.2) is 4.79 Å². The van der Waals surface area contributed by atoms with E-state index in [0.29, 0.717) is 5.56 Å². The molecule has 35 heavy (non-hydrogen) atoms. The van der Waals surface area contributed by atoms with Crippen LogP contribution in [0, 0.1) is 0 Å². The van der Waals surface area contributed by atoms with Crippen LogP contribution in [0.5, 0.6) is 5.75 Å². The van der Waals surface area contributed by atoms with Crippen molar-refractivity contribution in [3.63, 3.8) is 0 Å². The summed E-state index contributed by atoms with van der Waals surface area (Å²) in [5, 5.41) is 34.4. The average Bonchev–Trinajstić information content (AvgIpc) is 2.76. The molecule has 1 aromatic carbocycles. The van der Waals surface area contributed by atoms with E-state index in [2.05, 4.69) is 28.6 Å². The molecule has 0 aliphatic rings. The molecule has 1 rings (SSSR count). The van der Waals surface area contributed by atoms with Crippen LogP contribution in [0.2, 0.25) is 0 Å². The maximum absolute atomic E-state index is 12.6. The zero-order valence-electron chi connectivity index (χ0n) is 18.3. The quantitative estimate of drug-likeness (QED) is 0.115. The third-order valence-corrected chi connectivity index (χ3v) is 4.94. The van der Waals surface area contributed by atoms with Gasteiger partial charge in [0.15, 0.2) is 0 Å². The van der Waals surface area contributed by atoms with Gasteiger partial charge in [0.2, 0.25) is 23.6 Å². The first-order chi connectivity index (χ1) is 16.3. The number of rotatable bonds is 14. The molecule has 0 aliphatic carbocycles. The van der Waals surface area contributed by atoms with E-state index in [-0.39, 0.29) is 17.9 Å². The molecule has 4 amide bonds. The summed E-state index contributed by atoms with van der Waals surface area (Å²) in [4.78, 5) is 71.0. The van der Waals surface area contributed by atoms with Gasteiger partial charge in [0.05, 0.1) is 18.9 Å². The number of nitrogens with two attached hydrogens (primary N) is 2. The number of hydrogen-bond acceptors (Lipinski definition) is 9. The van der Waals surface area contributed by atoms with E-state index in [1.807, 2.05) is 0 Å². The lowest BCUT2D eigenvalue weighted by Gasteiger charge is -2.23. The van der Waals surface area contributed by atoms with Gasteiger partial charge in [-0.05, 0) is 17.7 Å². The minimum absolute atomic E-state index is 0.0268. The topological polar surface area (TPSA) is 251 Å². The summed E-state index contributed by atoms with van der Waals surface area (Å²) in [5.41, 5.74) is 10.9. The molecule has 0 saturated heterocycles. The zero-order chi connectivity index (χ0) is 26.7. The first-order valence-electron chi connectivity index (χ1n) is 10.1. The number of carboxylic acids is 2. The van der Waals surface area contributed by atoms with Gasteiger partial charge in [0, 0.05) is 12.2 Å². The van der Waals surface area contributed by atoms with Crippen LogP contribution in [-0.4, -0.2) is 80.8 Å². The predicted molar refractivity (Wildman–Crippen MR) is 123 cm³/mol. The number of thiol groups is 1. The number of nitrogens with one attached hydrogen (secondary N) is 3. The summed E-state index contributed by atoms with van der Waals surface area (Å²) in [6, 6.07) is -0.252. The molecule has 192 valence electrons. The van der Waals surface area contributed by atoms with Crippen LogP contribution in [-0.2, 0) is 35.2 Å². The molecular weight excluding hydrogens is 486 g/mol. The van der Waals surface area contributed by atoms with Crippen molar-refractivity contribution in [3.8, 4) is 5.75 Å². The molecule has 4 unspecified atom stereocenters. The Morgan fingerprint density at radius 2 is 1.34 bits per heavy atom. The standard InChI is InChI=1S/C20H27N5O9S/c21-11(6-15(22)27)17(30)23-12(7-16(28)29)18(31)25-14(8-35)19(32)24-13(20(33)34)5-9-1-3-10(26)4-2-9/h1-4,11-14,26,35H,5-8,21H2,(H2,22,27)(H,23,30)(H,24,32)(H,25,31)(H,28,29)(H,33,34). The van der Waals surface area contributed by atoms with Crippen molar-refractivity contribution in [2.75, 3.05) is 5.75 Å². The summed E-state index contributed by atoms with van der Waals surface area (Å²) in [5.74, 6) is -7.05. The monoisotopic (exact) mass is 513 g/mol. The number of amides is 4. The molecule has 0 aromatic heterocycles. The van der Waals surface area contributed by atoms with Crippen molar-refractivity contribution in [3.05, 3.63) is 29.8 Å². The molecule has 0 bridgehead atoms. The first-order valence-corrected chi connectivity index (χ1v) is 10.8. The molecule has 0 heterocycles. The lowest BCUT2D eigenvalue weighted by molar-refractivity contribution is -0.143. The summed E-state index contributed by atoms with van der Waals surface area (Å²) < 4.78 is 0. The number of carbonyl (C=O) groups excluding carboxylic acids is 4. The predicted octanol–water partition coefficient (Wildman–Crippen LogP) is -2.92. The van der Waals surface area contributed by atoms with E-state index in [1.54, 1.807) is 0 Å². The van der Waals surface area contributed by atoms with Crippen LogP contribution in [0.3, 0.4) is 0 Å². The van der Waals surface area contributed by atoms with Crippen molar-refractivity contribution in [1.29, 1.82) is 0 Å². The Hall–Kier alpha value is -3.85. The molecule has 0 fully saturated rings. The number of aliphatic carboxylic acids is 2. The number of carbonyl (C=O) groups is 6. The minimum atomic E-state index is -1.67. The summed E-state index contributed by atoms with van der Waals surface area (Å²) in [6.45, 7) is 0. The Balaban J connectivity index is 2.89. The normalized spacial score (nSPS) is 14.0. The van der Waals surface area contributed by atoms with Gasteiger partial charge in [0.25, 0.3) is 0 Å². The Kier molecular flexibility index (Phi) is 11.5.